The maximum Gasteiger partial charge on any atom is 0.328 e. The molecule has 1 amide bonds. The van der Waals surface area contributed by atoms with E-state index in [0.717, 1.165) is 0 Å². The van der Waals surface area contributed by atoms with Gasteiger partial charge in [0.05, 0.1) is 11.5 Å². The van der Waals surface area contributed by atoms with E-state index in [1.807, 2.05) is 0 Å². The van der Waals surface area contributed by atoms with Gasteiger partial charge in [0, 0.05) is 12.1 Å². The Balaban J connectivity index is 2.77. The first-order chi connectivity index (χ1) is 9.76. The molecule has 1 atom stereocenters. The lowest BCUT2D eigenvalue weighted by Crippen LogP contribution is -2.45. The zero-order valence-electron chi connectivity index (χ0n) is 11.1. The molecule has 21 heavy (non-hydrogen) atoms. The molecule has 0 saturated carbocycles. The van der Waals surface area contributed by atoms with Gasteiger partial charge in [0.2, 0.25) is 5.91 Å². The van der Waals surface area contributed by atoms with E-state index in [2.05, 4.69) is 10.1 Å². The van der Waals surface area contributed by atoms with Crippen molar-refractivity contribution >= 4 is 33.3 Å². The van der Waals surface area contributed by atoms with E-state index in [1.54, 1.807) is 0 Å². The van der Waals surface area contributed by atoms with Gasteiger partial charge in [0.25, 0.3) is 0 Å². The molecule has 7 nitrogen and oxygen atoms in total. The molecule has 0 heterocycles. The van der Waals surface area contributed by atoms with Gasteiger partial charge in [-0.05, 0) is 24.3 Å². The quantitative estimate of drug-likeness (QED) is 0.743. The second-order valence-corrected chi connectivity index (χ2v) is 6.55. The summed E-state index contributed by atoms with van der Waals surface area (Å²) in [4.78, 5) is 22.4. The van der Waals surface area contributed by atoms with Crippen molar-refractivity contribution in [2.75, 3.05) is 19.5 Å². The number of carbonyl (C=O) groups is 2. The van der Waals surface area contributed by atoms with Gasteiger partial charge in [-0.3, -0.25) is 4.79 Å². The van der Waals surface area contributed by atoms with Crippen molar-refractivity contribution in [3.05, 3.63) is 29.3 Å². The summed E-state index contributed by atoms with van der Waals surface area (Å²) < 4.78 is 28.6. The molecule has 116 valence electrons. The Morgan fingerprint density at radius 1 is 1.33 bits per heavy atom. The summed E-state index contributed by atoms with van der Waals surface area (Å²) in [6, 6.07) is 4.01. The molecule has 0 aromatic heterocycles. The van der Waals surface area contributed by atoms with Crippen LogP contribution in [0.1, 0.15) is 0 Å². The highest BCUT2D eigenvalue weighted by atomic mass is 35.5. The average Bonchev–Trinajstić information content (AvgIpc) is 2.37. The number of halogens is 1. The third-order valence-electron chi connectivity index (χ3n) is 2.46. The molecule has 0 fully saturated rings. The van der Waals surface area contributed by atoms with Crippen molar-refractivity contribution in [1.29, 1.82) is 0 Å². The van der Waals surface area contributed by atoms with Gasteiger partial charge in [-0.15, -0.1) is 0 Å². The van der Waals surface area contributed by atoms with Crippen molar-refractivity contribution in [1.82, 2.24) is 5.32 Å². The molecule has 9 heteroatoms. The molecule has 1 aromatic rings. The highest BCUT2D eigenvalue weighted by Gasteiger charge is 2.24. The minimum atomic E-state index is -3.87. The van der Waals surface area contributed by atoms with Crippen molar-refractivity contribution < 1.29 is 27.9 Å². The van der Waals surface area contributed by atoms with Crippen LogP contribution in [-0.2, 0) is 24.2 Å². The summed E-state index contributed by atoms with van der Waals surface area (Å²) >= 11 is 5.65. The number of methoxy groups -OCH3 is 1. The predicted octanol–water partition coefficient (Wildman–Crippen LogP) is 0.330. The molecule has 0 aliphatic heterocycles. The average molecular weight is 336 g/mol. The number of carboxylic acids is 1. The lowest BCUT2D eigenvalue weighted by atomic mass is 10.3. The van der Waals surface area contributed by atoms with E-state index >= 15 is 0 Å². The Morgan fingerprint density at radius 3 is 2.38 bits per heavy atom. The van der Waals surface area contributed by atoms with E-state index < -0.39 is 33.5 Å². The SMILES string of the molecule is COCC(NC(=O)CS(=O)(=O)c1ccc(Cl)cc1)C(=O)O. The van der Waals surface area contributed by atoms with Crippen LogP contribution in [0.5, 0.6) is 0 Å². The third kappa shape index (κ3) is 5.33. The summed E-state index contributed by atoms with van der Waals surface area (Å²) in [5, 5.41) is 11.3. The highest BCUT2D eigenvalue weighted by Crippen LogP contribution is 2.15. The number of benzene rings is 1. The van der Waals surface area contributed by atoms with Crippen LogP contribution in [0.2, 0.25) is 5.02 Å². The van der Waals surface area contributed by atoms with Crippen LogP contribution in [0.4, 0.5) is 0 Å². The molecule has 0 spiro atoms. The highest BCUT2D eigenvalue weighted by molar-refractivity contribution is 7.92. The van der Waals surface area contributed by atoms with E-state index in [9.17, 15) is 18.0 Å². The van der Waals surface area contributed by atoms with Gasteiger partial charge < -0.3 is 15.2 Å². The summed E-state index contributed by atoms with van der Waals surface area (Å²) in [6.45, 7) is -0.262. The number of amides is 1. The lowest BCUT2D eigenvalue weighted by Gasteiger charge is -2.13. The van der Waals surface area contributed by atoms with Gasteiger partial charge in [-0.25, -0.2) is 13.2 Å². The first-order valence-corrected chi connectivity index (χ1v) is 7.78. The van der Waals surface area contributed by atoms with Crippen LogP contribution in [0.3, 0.4) is 0 Å². The largest absolute Gasteiger partial charge is 0.480 e. The number of hydrogen-bond acceptors (Lipinski definition) is 5. The van der Waals surface area contributed by atoms with Gasteiger partial charge in [-0.1, -0.05) is 11.6 Å². The number of ether oxygens (including phenoxy) is 1. The molecule has 0 bridgehead atoms. The maximum atomic E-state index is 12.0. The van der Waals surface area contributed by atoms with E-state index in [4.69, 9.17) is 16.7 Å². The molecule has 0 saturated heterocycles. The number of hydrogen-bond donors (Lipinski definition) is 2. The number of carboxylic acid groups (broad SMARTS) is 1. The first-order valence-electron chi connectivity index (χ1n) is 5.75. The van der Waals surface area contributed by atoms with E-state index in [0.29, 0.717) is 5.02 Å². The second-order valence-electron chi connectivity index (χ2n) is 4.13. The predicted molar refractivity (Wildman–Crippen MR) is 74.9 cm³/mol. The Hall–Kier alpha value is -1.64. The van der Waals surface area contributed by atoms with Crippen molar-refractivity contribution in [2.45, 2.75) is 10.9 Å². The fourth-order valence-corrected chi connectivity index (χ4v) is 2.75. The van der Waals surface area contributed by atoms with Crippen LogP contribution in [0.25, 0.3) is 0 Å². The topological polar surface area (TPSA) is 110 Å². The Morgan fingerprint density at radius 2 is 1.90 bits per heavy atom. The fraction of sp³-hybridized carbons (Fsp3) is 0.333. The van der Waals surface area contributed by atoms with Gasteiger partial charge >= 0.3 is 5.97 Å². The monoisotopic (exact) mass is 335 g/mol. The fourth-order valence-electron chi connectivity index (χ4n) is 1.48. The standard InChI is InChI=1S/C12H14ClNO6S/c1-20-6-10(12(16)17)14-11(15)7-21(18,19)9-4-2-8(13)3-5-9/h2-5,10H,6-7H2,1H3,(H,14,15)(H,16,17). The molecule has 0 aliphatic rings. The van der Waals surface area contributed by atoms with Gasteiger partial charge in [-0.2, -0.15) is 0 Å². The number of carbonyl (C=O) groups excluding carboxylic acids is 1. The lowest BCUT2D eigenvalue weighted by molar-refractivity contribution is -0.143. The molecule has 1 aromatic carbocycles. The smallest absolute Gasteiger partial charge is 0.328 e. The second kappa shape index (κ2) is 7.39. The maximum absolute atomic E-state index is 12.0. The number of nitrogens with one attached hydrogen (secondary N) is 1. The van der Waals surface area contributed by atoms with E-state index in [-0.39, 0.29) is 11.5 Å². The molecular formula is C12H14ClNO6S. The molecule has 0 radical (unpaired) electrons. The van der Waals surface area contributed by atoms with Crippen molar-refractivity contribution in [3.63, 3.8) is 0 Å². The normalized spacial score (nSPS) is 12.7. The molecular weight excluding hydrogens is 322 g/mol. The van der Waals surface area contributed by atoms with Crippen molar-refractivity contribution in [3.8, 4) is 0 Å². The van der Waals surface area contributed by atoms with Gasteiger partial charge in [0.1, 0.15) is 5.75 Å². The number of rotatable bonds is 7. The first kappa shape index (κ1) is 17.4. The number of aliphatic carboxylic acids is 1. The Labute approximate surface area is 126 Å². The van der Waals surface area contributed by atoms with Crippen LogP contribution in [0, 0.1) is 0 Å². The molecule has 0 aliphatic carbocycles. The molecule has 1 rings (SSSR count). The van der Waals surface area contributed by atoms with Gasteiger partial charge in [0.15, 0.2) is 15.9 Å². The minimum Gasteiger partial charge on any atom is -0.480 e. The number of sulfone groups is 1. The Kier molecular flexibility index (Phi) is 6.13. The van der Waals surface area contributed by atoms with Crippen LogP contribution in [0.15, 0.2) is 29.2 Å². The summed E-state index contributed by atoms with van der Waals surface area (Å²) in [7, 11) is -2.60. The van der Waals surface area contributed by atoms with Crippen LogP contribution in [-0.4, -0.2) is 50.9 Å². The van der Waals surface area contributed by atoms with Crippen LogP contribution >= 0.6 is 11.6 Å². The van der Waals surface area contributed by atoms with Crippen molar-refractivity contribution in [2.24, 2.45) is 0 Å². The minimum absolute atomic E-state index is 0.0688. The Bertz CT molecular complexity index is 613. The van der Waals surface area contributed by atoms with Crippen LogP contribution < -0.4 is 5.32 Å². The summed E-state index contributed by atoms with van der Waals surface area (Å²) in [5.74, 6) is -3.09. The third-order valence-corrected chi connectivity index (χ3v) is 4.35. The summed E-state index contributed by atoms with van der Waals surface area (Å²) in [6.07, 6.45) is 0. The molecule has 1 unspecified atom stereocenters. The van der Waals surface area contributed by atoms with E-state index in [1.165, 1.54) is 31.4 Å². The molecule has 2 N–H and O–H groups in total. The summed E-state index contributed by atoms with van der Waals surface area (Å²) in [5.41, 5.74) is 0. The zero-order valence-corrected chi connectivity index (χ0v) is 12.6. The zero-order chi connectivity index (χ0) is 16.0.